The summed E-state index contributed by atoms with van der Waals surface area (Å²) in [6, 6.07) is 5.87. The van der Waals surface area contributed by atoms with Gasteiger partial charge in [0.25, 0.3) is 0 Å². The van der Waals surface area contributed by atoms with E-state index in [0.717, 1.165) is 23.1 Å². The van der Waals surface area contributed by atoms with Crippen molar-refractivity contribution in [3.05, 3.63) is 29.3 Å². The number of nitrogen functional groups attached to an aromatic ring is 1. The highest BCUT2D eigenvalue weighted by Crippen LogP contribution is 2.31. The molecule has 0 bridgehead atoms. The smallest absolute Gasteiger partial charge is 0.182 e. The first-order valence-corrected chi connectivity index (χ1v) is 8.35. The molecular formula is C14H20N4O2S. The van der Waals surface area contributed by atoms with Crippen LogP contribution in [0.5, 0.6) is 0 Å². The molecule has 0 spiro atoms. The van der Waals surface area contributed by atoms with Crippen LogP contribution in [0.15, 0.2) is 23.1 Å². The van der Waals surface area contributed by atoms with Crippen molar-refractivity contribution in [3.63, 3.8) is 0 Å². The van der Waals surface area contributed by atoms with Gasteiger partial charge in [-0.05, 0) is 37.1 Å². The van der Waals surface area contributed by atoms with Crippen molar-refractivity contribution in [3.8, 4) is 5.69 Å². The summed E-state index contributed by atoms with van der Waals surface area (Å²) in [6.07, 6.45) is 1.14. The third-order valence-electron chi connectivity index (χ3n) is 3.10. The first kappa shape index (κ1) is 15.4. The normalized spacial score (nSPS) is 11.7. The maximum atomic E-state index is 12.0. The molecular weight excluding hydrogens is 288 g/mol. The Hall–Kier alpha value is -2.02. The largest absolute Gasteiger partial charge is 0.382 e. The second kappa shape index (κ2) is 5.07. The van der Waals surface area contributed by atoms with Crippen molar-refractivity contribution in [1.82, 2.24) is 9.78 Å². The van der Waals surface area contributed by atoms with Crippen LogP contribution < -0.4 is 10.6 Å². The van der Waals surface area contributed by atoms with Gasteiger partial charge in [0.2, 0.25) is 0 Å². The first-order valence-electron chi connectivity index (χ1n) is 6.46. The Morgan fingerprint density at radius 1 is 1.14 bits per heavy atom. The van der Waals surface area contributed by atoms with Crippen molar-refractivity contribution >= 4 is 21.5 Å². The lowest BCUT2D eigenvalue weighted by molar-refractivity contribution is 0.602. The predicted octanol–water partition coefficient (Wildman–Crippen LogP) is 1.54. The average Bonchev–Trinajstić information content (AvgIpc) is 2.65. The molecule has 0 aliphatic heterocycles. The highest BCUT2D eigenvalue weighted by Gasteiger charge is 2.26. The van der Waals surface area contributed by atoms with Gasteiger partial charge in [-0.15, -0.1) is 5.10 Å². The lowest BCUT2D eigenvalue weighted by Gasteiger charge is -2.09. The molecule has 6 nitrogen and oxygen atoms in total. The van der Waals surface area contributed by atoms with Crippen molar-refractivity contribution in [2.24, 2.45) is 0 Å². The zero-order chi connectivity index (χ0) is 15.9. The van der Waals surface area contributed by atoms with Gasteiger partial charge in [0.15, 0.2) is 20.6 Å². The molecule has 0 saturated heterocycles. The number of anilines is 2. The maximum Gasteiger partial charge on any atom is 0.182 e. The van der Waals surface area contributed by atoms with Crippen LogP contribution in [0, 0.1) is 13.8 Å². The third-order valence-corrected chi connectivity index (χ3v) is 4.24. The second-order valence-corrected chi connectivity index (χ2v) is 7.41. The summed E-state index contributed by atoms with van der Waals surface area (Å²) in [5, 5.41) is 4.37. The van der Waals surface area contributed by atoms with Gasteiger partial charge in [0.05, 0.1) is 5.69 Å². The van der Waals surface area contributed by atoms with Crippen molar-refractivity contribution in [1.29, 1.82) is 0 Å². The molecule has 0 amide bonds. The quantitative estimate of drug-likeness (QED) is 0.930. The summed E-state index contributed by atoms with van der Waals surface area (Å²) in [5.41, 5.74) is 8.93. The van der Waals surface area contributed by atoms with Crippen molar-refractivity contribution in [2.45, 2.75) is 18.7 Å². The van der Waals surface area contributed by atoms with Gasteiger partial charge in [0.1, 0.15) is 5.82 Å². The Morgan fingerprint density at radius 2 is 1.67 bits per heavy atom. The van der Waals surface area contributed by atoms with Gasteiger partial charge < -0.3 is 10.6 Å². The number of sulfone groups is 1. The highest BCUT2D eigenvalue weighted by molar-refractivity contribution is 7.91. The van der Waals surface area contributed by atoms with E-state index in [1.807, 2.05) is 32.0 Å². The lowest BCUT2D eigenvalue weighted by atomic mass is 10.1. The molecule has 1 aromatic carbocycles. The van der Waals surface area contributed by atoms with E-state index in [1.54, 1.807) is 19.0 Å². The molecule has 21 heavy (non-hydrogen) atoms. The SMILES string of the molecule is Cc1cc(C)cc(-n2nc(N(C)C)c(S(C)(=O)=O)c2N)c1. The molecule has 2 rings (SSSR count). The van der Waals surface area contributed by atoms with E-state index in [-0.39, 0.29) is 10.7 Å². The molecule has 0 saturated carbocycles. The number of nitrogens with zero attached hydrogens (tertiary/aromatic N) is 3. The Morgan fingerprint density at radius 3 is 2.05 bits per heavy atom. The molecule has 1 heterocycles. The number of hydrogen-bond acceptors (Lipinski definition) is 5. The van der Waals surface area contributed by atoms with Crippen LogP contribution in [0.2, 0.25) is 0 Å². The minimum Gasteiger partial charge on any atom is -0.382 e. The standard InChI is InChI=1S/C14H20N4O2S/c1-9-6-10(2)8-11(7-9)18-13(15)12(21(5,19)20)14(16-18)17(3)4/h6-8H,15H2,1-5H3. The molecule has 1 aromatic heterocycles. The summed E-state index contributed by atoms with van der Waals surface area (Å²) in [5.74, 6) is 0.473. The van der Waals surface area contributed by atoms with E-state index in [9.17, 15) is 8.42 Å². The fourth-order valence-electron chi connectivity index (χ4n) is 2.32. The Balaban J connectivity index is 2.77. The fraction of sp³-hybridized carbons (Fsp3) is 0.357. The molecule has 2 aromatic rings. The molecule has 0 aliphatic carbocycles. The average molecular weight is 308 g/mol. The second-order valence-electron chi connectivity index (χ2n) is 5.46. The number of aryl methyl sites for hydroxylation is 2. The number of hydrogen-bond donors (Lipinski definition) is 1. The van der Waals surface area contributed by atoms with E-state index in [2.05, 4.69) is 5.10 Å². The summed E-state index contributed by atoms with van der Waals surface area (Å²) >= 11 is 0. The Labute approximate surface area is 125 Å². The molecule has 114 valence electrons. The van der Waals surface area contributed by atoms with Crippen LogP contribution in [0.3, 0.4) is 0 Å². The Kier molecular flexibility index (Phi) is 3.71. The van der Waals surface area contributed by atoms with Crippen LogP contribution in [0.25, 0.3) is 5.69 Å². The fourth-order valence-corrected chi connectivity index (χ4v) is 3.34. The van der Waals surface area contributed by atoms with E-state index < -0.39 is 9.84 Å². The zero-order valence-electron chi connectivity index (χ0n) is 12.9. The molecule has 0 unspecified atom stereocenters. The molecule has 0 atom stereocenters. The van der Waals surface area contributed by atoms with E-state index in [4.69, 9.17) is 5.73 Å². The van der Waals surface area contributed by atoms with Crippen LogP contribution in [-0.4, -0.2) is 38.5 Å². The highest BCUT2D eigenvalue weighted by atomic mass is 32.2. The van der Waals surface area contributed by atoms with Crippen LogP contribution >= 0.6 is 0 Å². The number of benzene rings is 1. The topological polar surface area (TPSA) is 81.2 Å². The lowest BCUT2D eigenvalue weighted by Crippen LogP contribution is -2.13. The predicted molar refractivity (Wildman–Crippen MR) is 84.9 cm³/mol. The van der Waals surface area contributed by atoms with Gasteiger partial charge in [-0.25, -0.2) is 13.1 Å². The van der Waals surface area contributed by atoms with Crippen LogP contribution in [-0.2, 0) is 9.84 Å². The van der Waals surface area contributed by atoms with Crippen molar-refractivity contribution in [2.75, 3.05) is 31.0 Å². The summed E-state index contributed by atoms with van der Waals surface area (Å²) in [6.45, 7) is 3.95. The van der Waals surface area contributed by atoms with E-state index in [0.29, 0.717) is 5.82 Å². The van der Waals surface area contributed by atoms with Gasteiger partial charge in [-0.2, -0.15) is 0 Å². The van der Waals surface area contributed by atoms with Gasteiger partial charge >= 0.3 is 0 Å². The van der Waals surface area contributed by atoms with Gasteiger partial charge in [-0.3, -0.25) is 0 Å². The molecule has 7 heteroatoms. The van der Waals surface area contributed by atoms with Gasteiger partial charge in [-0.1, -0.05) is 6.07 Å². The third kappa shape index (κ3) is 2.87. The monoisotopic (exact) mass is 308 g/mol. The summed E-state index contributed by atoms with van der Waals surface area (Å²) < 4.78 is 25.5. The zero-order valence-corrected chi connectivity index (χ0v) is 13.7. The van der Waals surface area contributed by atoms with E-state index >= 15 is 0 Å². The number of rotatable bonds is 3. The summed E-state index contributed by atoms with van der Waals surface area (Å²) in [4.78, 5) is 1.71. The van der Waals surface area contributed by atoms with Crippen molar-refractivity contribution < 1.29 is 8.42 Å². The minimum absolute atomic E-state index is 0.0617. The first-order chi connectivity index (χ1) is 9.61. The Bertz CT molecular complexity index is 771. The number of nitrogens with two attached hydrogens (primary N) is 1. The molecule has 0 fully saturated rings. The van der Waals surface area contributed by atoms with E-state index in [1.165, 1.54) is 4.68 Å². The molecule has 0 radical (unpaired) electrons. The van der Waals surface area contributed by atoms with Gasteiger partial charge in [0, 0.05) is 20.4 Å². The van der Waals surface area contributed by atoms with Crippen LogP contribution in [0.1, 0.15) is 11.1 Å². The summed E-state index contributed by atoms with van der Waals surface area (Å²) in [7, 11) is 0.0102. The minimum atomic E-state index is -3.47. The number of aromatic nitrogens is 2. The molecule has 0 aliphatic rings. The maximum absolute atomic E-state index is 12.0. The van der Waals surface area contributed by atoms with Crippen LogP contribution in [0.4, 0.5) is 11.6 Å². The molecule has 2 N–H and O–H groups in total.